The van der Waals surface area contributed by atoms with E-state index in [1.165, 1.54) is 0 Å². The van der Waals surface area contributed by atoms with Gasteiger partial charge in [0.25, 0.3) is 0 Å². The molecule has 94 valence electrons. The summed E-state index contributed by atoms with van der Waals surface area (Å²) in [5.74, 6) is -2.84. The molecule has 0 saturated heterocycles. The van der Waals surface area contributed by atoms with Gasteiger partial charge < -0.3 is 5.73 Å². The molecule has 0 amide bonds. The van der Waals surface area contributed by atoms with Crippen molar-refractivity contribution in [3.8, 4) is 0 Å². The van der Waals surface area contributed by atoms with Crippen LogP contribution in [0.25, 0.3) is 0 Å². The highest BCUT2D eigenvalue weighted by molar-refractivity contribution is 5.35. The van der Waals surface area contributed by atoms with Crippen molar-refractivity contribution in [2.45, 2.75) is 39.2 Å². The summed E-state index contributed by atoms with van der Waals surface area (Å²) in [5.41, 5.74) is 6.06. The highest BCUT2D eigenvalue weighted by Crippen LogP contribution is 2.40. The highest BCUT2D eigenvalue weighted by Gasteiger charge is 2.32. The van der Waals surface area contributed by atoms with E-state index < -0.39 is 23.5 Å². The minimum absolute atomic E-state index is 0.0214. The first-order valence-corrected chi connectivity index (χ1v) is 5.74. The minimum Gasteiger partial charge on any atom is -0.324 e. The van der Waals surface area contributed by atoms with E-state index in [-0.39, 0.29) is 16.5 Å². The first-order valence-electron chi connectivity index (χ1n) is 5.74. The summed E-state index contributed by atoms with van der Waals surface area (Å²) in [6.07, 6.45) is 1.65. The van der Waals surface area contributed by atoms with Crippen LogP contribution in [0, 0.1) is 22.9 Å². The molecular weight excluding hydrogens is 227 g/mol. The average molecular weight is 243 g/mol. The van der Waals surface area contributed by atoms with E-state index >= 15 is 0 Å². The molecule has 4 heteroatoms. The van der Waals surface area contributed by atoms with Crippen molar-refractivity contribution in [2.75, 3.05) is 0 Å². The van der Waals surface area contributed by atoms with E-state index in [9.17, 15) is 13.2 Å². The van der Waals surface area contributed by atoms with Crippen molar-refractivity contribution in [1.82, 2.24) is 0 Å². The van der Waals surface area contributed by atoms with Crippen molar-refractivity contribution >= 4 is 0 Å². The van der Waals surface area contributed by atoms with Gasteiger partial charge in [-0.05, 0) is 30.2 Å². The second-order valence-electron chi connectivity index (χ2n) is 5.52. The van der Waals surface area contributed by atoms with Gasteiger partial charge in [-0.1, -0.05) is 13.8 Å². The monoisotopic (exact) mass is 243 g/mol. The van der Waals surface area contributed by atoms with E-state index in [1.54, 1.807) is 0 Å². The normalized spacial score (nSPS) is 23.1. The Balaban J connectivity index is 2.59. The molecule has 1 aromatic rings. The van der Waals surface area contributed by atoms with Gasteiger partial charge in [-0.15, -0.1) is 0 Å². The van der Waals surface area contributed by atoms with Crippen molar-refractivity contribution in [3.63, 3.8) is 0 Å². The van der Waals surface area contributed by atoms with Crippen LogP contribution in [0.1, 0.15) is 43.9 Å². The number of rotatable bonds is 0. The SMILES string of the molecule is CC1(C)CCc2c(F)cc(F)c(F)c2C(N)C1. The van der Waals surface area contributed by atoms with Gasteiger partial charge in [0.05, 0.1) is 0 Å². The molecule has 1 aromatic carbocycles. The molecule has 0 saturated carbocycles. The Hall–Kier alpha value is -1.03. The third kappa shape index (κ3) is 2.18. The maximum absolute atomic E-state index is 13.7. The molecule has 1 unspecified atom stereocenters. The highest BCUT2D eigenvalue weighted by atomic mass is 19.2. The lowest BCUT2D eigenvalue weighted by Gasteiger charge is -2.24. The van der Waals surface area contributed by atoms with Crippen LogP contribution in [0.2, 0.25) is 0 Å². The largest absolute Gasteiger partial charge is 0.324 e. The van der Waals surface area contributed by atoms with Gasteiger partial charge in [-0.25, -0.2) is 13.2 Å². The molecule has 1 aliphatic carbocycles. The molecular formula is C13H16F3N. The van der Waals surface area contributed by atoms with Gasteiger partial charge >= 0.3 is 0 Å². The van der Waals surface area contributed by atoms with E-state index in [0.29, 0.717) is 18.9 Å². The Morgan fingerprint density at radius 3 is 2.53 bits per heavy atom. The number of benzene rings is 1. The maximum atomic E-state index is 13.7. The Labute approximate surface area is 98.8 Å². The minimum atomic E-state index is -1.16. The smallest absolute Gasteiger partial charge is 0.164 e. The summed E-state index contributed by atoms with van der Waals surface area (Å²) in [6, 6.07) is -0.0353. The van der Waals surface area contributed by atoms with Crippen molar-refractivity contribution in [2.24, 2.45) is 11.1 Å². The fourth-order valence-electron chi connectivity index (χ4n) is 2.55. The predicted octanol–water partition coefficient (Wildman–Crippen LogP) is 3.47. The number of nitrogens with two attached hydrogens (primary N) is 1. The third-order valence-electron chi connectivity index (χ3n) is 3.51. The summed E-state index contributed by atoms with van der Waals surface area (Å²) >= 11 is 0. The molecule has 0 heterocycles. The molecule has 1 aliphatic rings. The molecule has 0 bridgehead atoms. The van der Waals surface area contributed by atoms with Crippen LogP contribution >= 0.6 is 0 Å². The number of halogens is 3. The molecule has 0 aromatic heterocycles. The molecule has 2 N–H and O–H groups in total. The van der Waals surface area contributed by atoms with E-state index in [0.717, 1.165) is 6.42 Å². The predicted molar refractivity (Wildman–Crippen MR) is 60.0 cm³/mol. The number of fused-ring (bicyclic) bond motifs is 1. The summed E-state index contributed by atoms with van der Waals surface area (Å²) < 4.78 is 40.6. The number of hydrogen-bond acceptors (Lipinski definition) is 1. The first-order chi connectivity index (χ1) is 7.82. The van der Waals surface area contributed by atoms with E-state index in [2.05, 4.69) is 0 Å². The lowest BCUT2D eigenvalue weighted by atomic mass is 9.83. The second-order valence-corrected chi connectivity index (χ2v) is 5.52. The average Bonchev–Trinajstić information content (AvgIpc) is 2.31. The quantitative estimate of drug-likeness (QED) is 0.548. The van der Waals surface area contributed by atoms with E-state index in [4.69, 9.17) is 5.73 Å². The van der Waals surface area contributed by atoms with Crippen LogP contribution < -0.4 is 5.73 Å². The van der Waals surface area contributed by atoms with Gasteiger partial charge in [0.2, 0.25) is 0 Å². The molecule has 1 atom stereocenters. The molecule has 2 rings (SSSR count). The molecule has 0 radical (unpaired) electrons. The molecule has 0 fully saturated rings. The third-order valence-corrected chi connectivity index (χ3v) is 3.51. The number of hydrogen-bond donors (Lipinski definition) is 1. The zero-order chi connectivity index (χ0) is 12.8. The summed E-state index contributed by atoms with van der Waals surface area (Å²) in [7, 11) is 0. The maximum Gasteiger partial charge on any atom is 0.164 e. The van der Waals surface area contributed by atoms with Crippen LogP contribution in [-0.2, 0) is 6.42 Å². The molecule has 0 spiro atoms. The summed E-state index contributed by atoms with van der Waals surface area (Å²) in [5, 5.41) is 0. The lowest BCUT2D eigenvalue weighted by Crippen LogP contribution is -2.20. The van der Waals surface area contributed by atoms with Crippen molar-refractivity contribution < 1.29 is 13.2 Å². The zero-order valence-corrected chi connectivity index (χ0v) is 9.99. The standard InChI is InChI=1S/C13H16F3N/c1-13(2)4-3-7-8(14)5-9(15)12(16)11(7)10(17)6-13/h5,10H,3-4,6,17H2,1-2H3. The van der Waals surface area contributed by atoms with Crippen LogP contribution in [0.4, 0.5) is 13.2 Å². The van der Waals surface area contributed by atoms with Gasteiger partial charge in [-0.2, -0.15) is 0 Å². The molecule has 1 nitrogen and oxygen atoms in total. The summed E-state index contributed by atoms with van der Waals surface area (Å²) in [4.78, 5) is 0. The zero-order valence-electron chi connectivity index (χ0n) is 9.99. The van der Waals surface area contributed by atoms with Crippen LogP contribution in [0.15, 0.2) is 6.07 Å². The Morgan fingerprint density at radius 1 is 1.24 bits per heavy atom. The van der Waals surface area contributed by atoms with Crippen molar-refractivity contribution in [3.05, 3.63) is 34.6 Å². The van der Waals surface area contributed by atoms with Gasteiger partial charge in [0.15, 0.2) is 11.6 Å². The van der Waals surface area contributed by atoms with Gasteiger partial charge in [0, 0.05) is 17.7 Å². The first kappa shape index (κ1) is 12.4. The Kier molecular flexibility index (Phi) is 2.94. The Morgan fingerprint density at radius 2 is 1.88 bits per heavy atom. The fraction of sp³-hybridized carbons (Fsp3) is 0.538. The second kappa shape index (κ2) is 4.02. The van der Waals surface area contributed by atoms with E-state index in [1.807, 2.05) is 13.8 Å². The lowest BCUT2D eigenvalue weighted by molar-refractivity contribution is 0.291. The summed E-state index contributed by atoms with van der Waals surface area (Å²) in [6.45, 7) is 4.01. The van der Waals surface area contributed by atoms with Crippen molar-refractivity contribution in [1.29, 1.82) is 0 Å². The van der Waals surface area contributed by atoms with Crippen LogP contribution in [0.3, 0.4) is 0 Å². The topological polar surface area (TPSA) is 26.0 Å². The van der Waals surface area contributed by atoms with Gasteiger partial charge in [-0.3, -0.25) is 0 Å². The van der Waals surface area contributed by atoms with Crippen LogP contribution in [-0.4, -0.2) is 0 Å². The fourth-order valence-corrected chi connectivity index (χ4v) is 2.55. The molecule has 0 aliphatic heterocycles. The van der Waals surface area contributed by atoms with Gasteiger partial charge in [0.1, 0.15) is 5.82 Å². The van der Waals surface area contributed by atoms with Crippen LogP contribution in [0.5, 0.6) is 0 Å². The molecule has 17 heavy (non-hydrogen) atoms. The Bertz CT molecular complexity index is 454.